The van der Waals surface area contributed by atoms with E-state index in [4.69, 9.17) is 4.98 Å². The van der Waals surface area contributed by atoms with Crippen molar-refractivity contribution < 1.29 is 0 Å². The third kappa shape index (κ3) is 3.98. The van der Waals surface area contributed by atoms with Gasteiger partial charge in [0.2, 0.25) is 0 Å². The van der Waals surface area contributed by atoms with Crippen LogP contribution in [-0.2, 0) is 6.54 Å². The summed E-state index contributed by atoms with van der Waals surface area (Å²) in [5.74, 6) is 1.67. The van der Waals surface area contributed by atoms with Crippen LogP contribution in [0.2, 0.25) is 0 Å². The van der Waals surface area contributed by atoms with Crippen molar-refractivity contribution >= 4 is 16.5 Å². The molecule has 0 amide bonds. The summed E-state index contributed by atoms with van der Waals surface area (Å²) in [6.45, 7) is 10.1. The van der Waals surface area contributed by atoms with Crippen LogP contribution in [0.15, 0.2) is 0 Å². The Hall–Kier alpha value is -0.610. The largest absolute Gasteiger partial charge is 0.345 e. The zero-order valence-electron chi connectivity index (χ0n) is 13.7. The van der Waals surface area contributed by atoms with E-state index in [0.29, 0.717) is 6.04 Å². The molecular weight excluding hydrogens is 278 g/mol. The van der Waals surface area contributed by atoms with Gasteiger partial charge in [-0.2, -0.15) is 0 Å². The van der Waals surface area contributed by atoms with Crippen molar-refractivity contribution in [1.82, 2.24) is 10.3 Å². The SMILES string of the molecule is CCCNCc1sc(N(CC2CC2)C(C)C)nc1C1CC1. The highest BCUT2D eigenvalue weighted by Crippen LogP contribution is 2.45. The molecule has 21 heavy (non-hydrogen) atoms. The first-order valence-electron chi connectivity index (χ1n) is 8.66. The van der Waals surface area contributed by atoms with E-state index in [1.165, 1.54) is 54.4 Å². The molecule has 1 aromatic rings. The average molecular weight is 308 g/mol. The zero-order chi connectivity index (χ0) is 14.8. The molecule has 2 aliphatic rings. The van der Waals surface area contributed by atoms with Gasteiger partial charge in [-0.15, -0.1) is 11.3 Å². The van der Waals surface area contributed by atoms with Crippen molar-refractivity contribution in [2.75, 3.05) is 18.0 Å². The molecule has 0 bridgehead atoms. The molecule has 0 saturated heterocycles. The number of anilines is 1. The molecule has 1 N–H and O–H groups in total. The van der Waals surface area contributed by atoms with Crippen molar-refractivity contribution in [2.45, 2.75) is 71.4 Å². The van der Waals surface area contributed by atoms with Gasteiger partial charge in [0, 0.05) is 29.9 Å². The van der Waals surface area contributed by atoms with Crippen molar-refractivity contribution in [3.05, 3.63) is 10.6 Å². The Morgan fingerprint density at radius 2 is 2.05 bits per heavy atom. The number of hydrogen-bond acceptors (Lipinski definition) is 4. The molecule has 2 aliphatic carbocycles. The fourth-order valence-corrected chi connectivity index (χ4v) is 4.00. The summed E-state index contributed by atoms with van der Waals surface area (Å²) < 4.78 is 0. The Morgan fingerprint density at radius 1 is 1.29 bits per heavy atom. The molecule has 3 nitrogen and oxygen atoms in total. The van der Waals surface area contributed by atoms with Crippen molar-refractivity contribution in [3.8, 4) is 0 Å². The second-order valence-electron chi connectivity index (χ2n) is 6.95. The van der Waals surface area contributed by atoms with Crippen LogP contribution in [0.1, 0.15) is 69.4 Å². The third-order valence-electron chi connectivity index (χ3n) is 4.41. The molecule has 2 saturated carbocycles. The van der Waals surface area contributed by atoms with Crippen LogP contribution in [0, 0.1) is 5.92 Å². The predicted molar refractivity (Wildman–Crippen MR) is 91.3 cm³/mol. The zero-order valence-corrected chi connectivity index (χ0v) is 14.5. The molecule has 0 spiro atoms. The van der Waals surface area contributed by atoms with Crippen LogP contribution in [-0.4, -0.2) is 24.1 Å². The van der Waals surface area contributed by atoms with Crippen LogP contribution >= 0.6 is 11.3 Å². The maximum absolute atomic E-state index is 5.06. The van der Waals surface area contributed by atoms with Crippen molar-refractivity contribution in [1.29, 1.82) is 0 Å². The van der Waals surface area contributed by atoms with Gasteiger partial charge in [-0.1, -0.05) is 6.92 Å². The molecule has 3 rings (SSSR count). The molecule has 2 fully saturated rings. The monoisotopic (exact) mass is 307 g/mol. The van der Waals surface area contributed by atoms with Gasteiger partial charge in [-0.25, -0.2) is 4.98 Å². The minimum Gasteiger partial charge on any atom is -0.345 e. The molecule has 118 valence electrons. The lowest BCUT2D eigenvalue weighted by atomic mass is 10.2. The van der Waals surface area contributed by atoms with E-state index in [9.17, 15) is 0 Å². The highest BCUT2D eigenvalue weighted by atomic mass is 32.1. The molecule has 4 heteroatoms. The second kappa shape index (κ2) is 6.66. The maximum Gasteiger partial charge on any atom is 0.186 e. The van der Waals surface area contributed by atoms with Crippen LogP contribution < -0.4 is 10.2 Å². The second-order valence-corrected chi connectivity index (χ2v) is 8.01. The van der Waals surface area contributed by atoms with Gasteiger partial charge in [0.25, 0.3) is 0 Å². The van der Waals surface area contributed by atoms with Crippen LogP contribution in [0.5, 0.6) is 0 Å². The van der Waals surface area contributed by atoms with Gasteiger partial charge < -0.3 is 10.2 Å². The Morgan fingerprint density at radius 3 is 2.62 bits per heavy atom. The fourth-order valence-electron chi connectivity index (χ4n) is 2.74. The highest BCUT2D eigenvalue weighted by Gasteiger charge is 2.32. The van der Waals surface area contributed by atoms with Crippen molar-refractivity contribution in [3.63, 3.8) is 0 Å². The average Bonchev–Trinajstić information content (AvgIpc) is 3.36. The number of aromatic nitrogens is 1. The third-order valence-corrected chi connectivity index (χ3v) is 5.52. The van der Waals surface area contributed by atoms with Gasteiger partial charge in [-0.3, -0.25) is 0 Å². The van der Waals surface area contributed by atoms with Gasteiger partial charge in [-0.05, 0) is 58.4 Å². The summed E-state index contributed by atoms with van der Waals surface area (Å²) in [6.07, 6.45) is 6.71. The van der Waals surface area contributed by atoms with Gasteiger partial charge >= 0.3 is 0 Å². The Kier molecular flexibility index (Phi) is 4.85. The van der Waals surface area contributed by atoms with E-state index < -0.39 is 0 Å². The maximum atomic E-state index is 5.06. The van der Waals surface area contributed by atoms with E-state index in [0.717, 1.165) is 24.9 Å². The van der Waals surface area contributed by atoms with Gasteiger partial charge in [0.05, 0.1) is 5.69 Å². The predicted octanol–water partition coefficient (Wildman–Crippen LogP) is 4.14. The van der Waals surface area contributed by atoms with Crippen LogP contribution in [0.4, 0.5) is 5.13 Å². The summed E-state index contributed by atoms with van der Waals surface area (Å²) in [6, 6.07) is 0.556. The molecule has 1 aromatic heterocycles. The van der Waals surface area contributed by atoms with Crippen LogP contribution in [0.25, 0.3) is 0 Å². The molecule has 0 unspecified atom stereocenters. The number of thiazole rings is 1. The van der Waals surface area contributed by atoms with Crippen LogP contribution in [0.3, 0.4) is 0 Å². The minimum absolute atomic E-state index is 0.556. The molecular formula is C17H29N3S. The molecule has 0 radical (unpaired) electrons. The first-order chi connectivity index (χ1) is 10.2. The number of hydrogen-bond donors (Lipinski definition) is 1. The van der Waals surface area contributed by atoms with E-state index in [2.05, 4.69) is 31.0 Å². The van der Waals surface area contributed by atoms with E-state index in [1.54, 1.807) is 0 Å². The Labute approximate surface area is 133 Å². The van der Waals surface area contributed by atoms with Gasteiger partial charge in [0.1, 0.15) is 0 Å². The van der Waals surface area contributed by atoms with E-state index in [1.807, 2.05) is 11.3 Å². The van der Waals surface area contributed by atoms with Crippen molar-refractivity contribution in [2.24, 2.45) is 5.92 Å². The smallest absolute Gasteiger partial charge is 0.186 e. The molecule has 0 atom stereocenters. The number of nitrogens with one attached hydrogen (secondary N) is 1. The Balaban J connectivity index is 1.75. The normalized spacial score (nSPS) is 18.5. The highest BCUT2D eigenvalue weighted by molar-refractivity contribution is 7.15. The van der Waals surface area contributed by atoms with E-state index >= 15 is 0 Å². The standard InChI is InChI=1S/C17H29N3S/c1-4-9-18-10-15-16(14-7-8-14)19-17(21-15)20(12(2)3)11-13-5-6-13/h12-14,18H,4-11H2,1-3H3. The lowest BCUT2D eigenvalue weighted by Crippen LogP contribution is -2.32. The summed E-state index contributed by atoms with van der Waals surface area (Å²) >= 11 is 1.94. The first kappa shape index (κ1) is 15.3. The molecule has 0 aliphatic heterocycles. The molecule has 0 aromatic carbocycles. The lowest BCUT2D eigenvalue weighted by molar-refractivity contribution is 0.641. The summed E-state index contributed by atoms with van der Waals surface area (Å²) in [5.41, 5.74) is 1.40. The summed E-state index contributed by atoms with van der Waals surface area (Å²) in [5, 5.41) is 4.83. The van der Waals surface area contributed by atoms with E-state index in [-0.39, 0.29) is 0 Å². The number of nitrogens with zero attached hydrogens (tertiary/aromatic N) is 2. The van der Waals surface area contributed by atoms with Gasteiger partial charge in [0.15, 0.2) is 5.13 Å². The fraction of sp³-hybridized carbons (Fsp3) is 0.824. The quantitative estimate of drug-likeness (QED) is 0.695. The topological polar surface area (TPSA) is 28.2 Å². The molecule has 1 heterocycles. The lowest BCUT2D eigenvalue weighted by Gasteiger charge is -2.26. The number of rotatable bonds is 9. The minimum atomic E-state index is 0.556. The summed E-state index contributed by atoms with van der Waals surface area (Å²) in [4.78, 5) is 9.09. The first-order valence-corrected chi connectivity index (χ1v) is 9.47. The Bertz CT molecular complexity index is 461. The summed E-state index contributed by atoms with van der Waals surface area (Å²) in [7, 11) is 0.